The molecule has 6 rings (SSSR count). The van der Waals surface area contributed by atoms with Crippen molar-refractivity contribution in [3.63, 3.8) is 0 Å². The van der Waals surface area contributed by atoms with E-state index in [9.17, 15) is 9.59 Å². The summed E-state index contributed by atoms with van der Waals surface area (Å²) in [7, 11) is 0. The first-order chi connectivity index (χ1) is 16.7. The second-order valence-electron chi connectivity index (χ2n) is 9.17. The Labute approximate surface area is 198 Å². The van der Waals surface area contributed by atoms with Crippen molar-refractivity contribution in [3.05, 3.63) is 90.1 Å². The van der Waals surface area contributed by atoms with Gasteiger partial charge in [0.2, 0.25) is 11.8 Å². The highest BCUT2D eigenvalue weighted by molar-refractivity contribution is 5.95. The molecule has 2 amide bonds. The van der Waals surface area contributed by atoms with E-state index in [1.54, 1.807) is 9.80 Å². The van der Waals surface area contributed by atoms with E-state index in [4.69, 9.17) is 4.98 Å². The molecule has 170 valence electrons. The van der Waals surface area contributed by atoms with E-state index in [0.717, 1.165) is 29.7 Å². The molecule has 6 heteroatoms. The highest BCUT2D eigenvalue weighted by Gasteiger charge is 2.42. The first kappa shape index (κ1) is 20.8. The summed E-state index contributed by atoms with van der Waals surface area (Å²) in [4.78, 5) is 36.8. The van der Waals surface area contributed by atoms with Crippen LogP contribution in [0.4, 0.5) is 0 Å². The van der Waals surface area contributed by atoms with Crippen LogP contribution in [-0.4, -0.2) is 63.7 Å². The Morgan fingerprint density at radius 1 is 0.794 bits per heavy atom. The van der Waals surface area contributed by atoms with Gasteiger partial charge < -0.3 is 9.80 Å². The van der Waals surface area contributed by atoms with Gasteiger partial charge in [-0.25, -0.2) is 0 Å². The number of piperazine rings is 2. The zero-order valence-corrected chi connectivity index (χ0v) is 18.9. The number of para-hydroxylation sites is 1. The molecule has 1 unspecified atom stereocenters. The molecule has 3 heterocycles. The van der Waals surface area contributed by atoms with Crippen LogP contribution in [0.5, 0.6) is 0 Å². The van der Waals surface area contributed by atoms with E-state index in [0.29, 0.717) is 19.6 Å². The van der Waals surface area contributed by atoms with Crippen LogP contribution in [0.3, 0.4) is 0 Å². The summed E-state index contributed by atoms with van der Waals surface area (Å²) >= 11 is 0. The number of rotatable bonds is 4. The van der Waals surface area contributed by atoms with Crippen LogP contribution in [-0.2, 0) is 22.7 Å². The zero-order valence-electron chi connectivity index (χ0n) is 18.9. The van der Waals surface area contributed by atoms with Crippen LogP contribution in [0.15, 0.2) is 78.9 Å². The number of carbonyl (C=O) groups is 2. The maximum absolute atomic E-state index is 13.5. The molecule has 0 spiro atoms. The quantitative estimate of drug-likeness (QED) is 0.478. The second kappa shape index (κ2) is 8.54. The molecule has 0 aliphatic carbocycles. The summed E-state index contributed by atoms with van der Waals surface area (Å²) in [6.45, 7) is 3.14. The predicted octanol–water partition coefficient (Wildman–Crippen LogP) is 3.44. The van der Waals surface area contributed by atoms with Crippen molar-refractivity contribution < 1.29 is 9.59 Å². The average Bonchev–Trinajstić information content (AvgIpc) is 2.87. The third-order valence-electron chi connectivity index (χ3n) is 6.99. The van der Waals surface area contributed by atoms with Crippen molar-refractivity contribution in [3.8, 4) is 0 Å². The van der Waals surface area contributed by atoms with Crippen molar-refractivity contribution >= 4 is 33.5 Å². The van der Waals surface area contributed by atoms with Gasteiger partial charge in [-0.1, -0.05) is 66.7 Å². The van der Waals surface area contributed by atoms with Gasteiger partial charge in [0.05, 0.1) is 17.8 Å². The molecule has 1 aromatic heterocycles. The molecule has 6 nitrogen and oxygen atoms in total. The lowest BCUT2D eigenvalue weighted by molar-refractivity contribution is -0.160. The molecule has 0 saturated carbocycles. The van der Waals surface area contributed by atoms with Crippen molar-refractivity contribution in [2.75, 3.05) is 26.2 Å². The normalized spacial score (nSPS) is 19.1. The van der Waals surface area contributed by atoms with Gasteiger partial charge in [-0.05, 0) is 28.5 Å². The van der Waals surface area contributed by atoms with E-state index in [1.807, 2.05) is 36.4 Å². The first-order valence-corrected chi connectivity index (χ1v) is 11.8. The topological polar surface area (TPSA) is 56.8 Å². The predicted molar refractivity (Wildman–Crippen MR) is 132 cm³/mol. The lowest BCUT2D eigenvalue weighted by Gasteiger charge is -2.46. The van der Waals surface area contributed by atoms with Gasteiger partial charge >= 0.3 is 0 Å². The van der Waals surface area contributed by atoms with Gasteiger partial charge in [0.15, 0.2) is 0 Å². The number of hydrogen-bond acceptors (Lipinski definition) is 4. The van der Waals surface area contributed by atoms with Gasteiger partial charge in [0.25, 0.3) is 0 Å². The fourth-order valence-electron chi connectivity index (χ4n) is 5.23. The highest BCUT2D eigenvalue weighted by atomic mass is 16.2. The summed E-state index contributed by atoms with van der Waals surface area (Å²) in [5.74, 6) is 0.0346. The Kier molecular flexibility index (Phi) is 5.23. The van der Waals surface area contributed by atoms with Crippen molar-refractivity contribution in [1.82, 2.24) is 19.7 Å². The Balaban J connectivity index is 1.20. The third kappa shape index (κ3) is 3.80. The number of amides is 2. The standard InChI is InChI=1S/C28H26N4O2/c33-27-19-31(17-23-13-12-21-7-2-4-11-25(21)29-23)28(34)26-18-30(14-15-32(26)27)16-22-9-5-8-20-6-1-3-10-24(20)22/h1-13,26H,14-19H2. The van der Waals surface area contributed by atoms with Crippen LogP contribution in [0.1, 0.15) is 11.3 Å². The fourth-order valence-corrected chi connectivity index (χ4v) is 5.23. The van der Waals surface area contributed by atoms with E-state index < -0.39 is 6.04 Å². The molecule has 2 saturated heterocycles. The van der Waals surface area contributed by atoms with E-state index in [1.165, 1.54) is 16.3 Å². The summed E-state index contributed by atoms with van der Waals surface area (Å²) in [6.07, 6.45) is 0. The molecule has 2 aliphatic heterocycles. The summed E-state index contributed by atoms with van der Waals surface area (Å²) in [5, 5.41) is 3.52. The molecule has 0 radical (unpaired) electrons. The van der Waals surface area contributed by atoms with Crippen LogP contribution in [0.25, 0.3) is 21.7 Å². The van der Waals surface area contributed by atoms with Crippen LogP contribution < -0.4 is 0 Å². The molecule has 34 heavy (non-hydrogen) atoms. The Morgan fingerprint density at radius 3 is 2.50 bits per heavy atom. The second-order valence-corrected chi connectivity index (χ2v) is 9.17. The maximum Gasteiger partial charge on any atom is 0.247 e. The Hall–Kier alpha value is -3.77. The van der Waals surface area contributed by atoms with Crippen molar-refractivity contribution in [2.24, 2.45) is 0 Å². The molecule has 3 aromatic carbocycles. The van der Waals surface area contributed by atoms with Crippen LogP contribution in [0, 0.1) is 0 Å². The third-order valence-corrected chi connectivity index (χ3v) is 6.99. The first-order valence-electron chi connectivity index (χ1n) is 11.8. The lowest BCUT2D eigenvalue weighted by atomic mass is 10.0. The molecule has 4 aromatic rings. The molecule has 1 atom stereocenters. The SMILES string of the molecule is O=C1C2CN(Cc3cccc4ccccc34)CCN2C(=O)CN1Cc1ccc2ccccc2n1. The van der Waals surface area contributed by atoms with Crippen molar-refractivity contribution in [1.29, 1.82) is 0 Å². The van der Waals surface area contributed by atoms with E-state index in [2.05, 4.69) is 47.4 Å². The van der Waals surface area contributed by atoms with Gasteiger partial charge in [-0.2, -0.15) is 0 Å². The summed E-state index contributed by atoms with van der Waals surface area (Å²) < 4.78 is 0. The maximum atomic E-state index is 13.5. The lowest BCUT2D eigenvalue weighted by Crippen LogP contribution is -2.66. The highest BCUT2D eigenvalue weighted by Crippen LogP contribution is 2.24. The number of pyridine rings is 1. The minimum Gasteiger partial charge on any atom is -0.327 e. The zero-order chi connectivity index (χ0) is 23.1. The van der Waals surface area contributed by atoms with Crippen LogP contribution in [0.2, 0.25) is 0 Å². The Morgan fingerprint density at radius 2 is 1.59 bits per heavy atom. The number of aromatic nitrogens is 1. The van der Waals surface area contributed by atoms with E-state index >= 15 is 0 Å². The minimum absolute atomic E-state index is 0.0113. The van der Waals surface area contributed by atoms with Crippen LogP contribution >= 0.6 is 0 Å². The van der Waals surface area contributed by atoms with Gasteiger partial charge in [-0.3, -0.25) is 19.5 Å². The molecule has 0 N–H and O–H groups in total. The Bertz CT molecular complexity index is 1400. The number of carbonyl (C=O) groups excluding carboxylic acids is 2. The summed E-state index contributed by atoms with van der Waals surface area (Å²) in [5.41, 5.74) is 2.95. The molecule has 2 fully saturated rings. The monoisotopic (exact) mass is 450 g/mol. The van der Waals surface area contributed by atoms with Gasteiger partial charge in [0.1, 0.15) is 12.6 Å². The van der Waals surface area contributed by atoms with E-state index in [-0.39, 0.29) is 18.4 Å². The smallest absolute Gasteiger partial charge is 0.247 e. The fraction of sp³-hybridized carbons (Fsp3) is 0.250. The average molecular weight is 451 g/mol. The van der Waals surface area contributed by atoms with Gasteiger partial charge in [0, 0.05) is 31.6 Å². The number of fused-ring (bicyclic) bond motifs is 3. The largest absolute Gasteiger partial charge is 0.327 e. The minimum atomic E-state index is -0.439. The number of nitrogens with zero attached hydrogens (tertiary/aromatic N) is 4. The number of hydrogen-bond donors (Lipinski definition) is 0. The molecule has 2 aliphatic rings. The summed E-state index contributed by atoms with van der Waals surface area (Å²) in [6, 6.07) is 26.2. The van der Waals surface area contributed by atoms with Crippen molar-refractivity contribution in [2.45, 2.75) is 19.1 Å². The molecular weight excluding hydrogens is 424 g/mol. The van der Waals surface area contributed by atoms with Gasteiger partial charge in [-0.15, -0.1) is 0 Å². The molecule has 0 bridgehead atoms. The number of benzene rings is 3. The molecular formula is C28H26N4O2.